The van der Waals surface area contributed by atoms with Gasteiger partial charge in [0.1, 0.15) is 17.1 Å². The number of rotatable bonds is 2. The Labute approximate surface area is 140 Å². The predicted molar refractivity (Wildman–Crippen MR) is 90.0 cm³/mol. The molecule has 0 radical (unpaired) electrons. The molecule has 1 saturated heterocycles. The number of likely N-dealkylation sites (tertiary alicyclic amines) is 1. The number of nitrogens with zero attached hydrogens (tertiary/aromatic N) is 3. The lowest BCUT2D eigenvalue weighted by molar-refractivity contribution is 0.186. The minimum absolute atomic E-state index is 0.543. The molecule has 3 heterocycles. The van der Waals surface area contributed by atoms with Gasteiger partial charge in [0, 0.05) is 12.7 Å². The SMILES string of the molecule is CC1CCN(Cc2c[nH]c3ncnc(Cl)c23)CC1.CS(=O)(=O)O. The summed E-state index contributed by atoms with van der Waals surface area (Å²) in [6.07, 6.45) is 6.78. The molecule has 0 aliphatic carbocycles. The van der Waals surface area contributed by atoms with Crippen LogP contribution in [0.2, 0.25) is 5.15 Å². The van der Waals surface area contributed by atoms with E-state index in [0.717, 1.165) is 23.5 Å². The van der Waals surface area contributed by atoms with Gasteiger partial charge < -0.3 is 4.98 Å². The van der Waals surface area contributed by atoms with Crippen LogP contribution < -0.4 is 0 Å². The first-order chi connectivity index (χ1) is 10.7. The Bertz CT molecular complexity index is 746. The topological polar surface area (TPSA) is 99.2 Å². The van der Waals surface area contributed by atoms with Crippen molar-refractivity contribution in [1.82, 2.24) is 19.9 Å². The summed E-state index contributed by atoms with van der Waals surface area (Å²) in [5, 5.41) is 1.51. The van der Waals surface area contributed by atoms with Gasteiger partial charge in [-0.3, -0.25) is 9.45 Å². The van der Waals surface area contributed by atoms with Gasteiger partial charge in [0.05, 0.1) is 11.6 Å². The molecule has 0 amide bonds. The van der Waals surface area contributed by atoms with E-state index in [1.165, 1.54) is 37.8 Å². The minimum atomic E-state index is -3.67. The summed E-state index contributed by atoms with van der Waals surface area (Å²) < 4.78 is 25.9. The zero-order valence-corrected chi connectivity index (χ0v) is 14.7. The molecule has 23 heavy (non-hydrogen) atoms. The first-order valence-corrected chi connectivity index (χ1v) is 9.58. The zero-order chi connectivity index (χ0) is 17.0. The summed E-state index contributed by atoms with van der Waals surface area (Å²) in [5.41, 5.74) is 2.03. The highest BCUT2D eigenvalue weighted by Gasteiger charge is 2.18. The van der Waals surface area contributed by atoms with Gasteiger partial charge >= 0.3 is 0 Å². The molecule has 128 valence electrons. The van der Waals surface area contributed by atoms with Crippen molar-refractivity contribution in [3.8, 4) is 0 Å². The third kappa shape index (κ3) is 5.72. The third-order valence-electron chi connectivity index (χ3n) is 3.78. The lowest BCUT2D eigenvalue weighted by atomic mass is 9.99. The second kappa shape index (κ2) is 7.57. The summed E-state index contributed by atoms with van der Waals surface area (Å²) in [7, 11) is -3.67. The number of fused-ring (bicyclic) bond motifs is 1. The Kier molecular flexibility index (Phi) is 5.96. The maximum absolute atomic E-state index is 9.19. The number of nitrogens with one attached hydrogen (secondary N) is 1. The number of aromatic amines is 1. The summed E-state index contributed by atoms with van der Waals surface area (Å²) in [6.45, 7) is 5.59. The van der Waals surface area contributed by atoms with Crippen LogP contribution in [0.4, 0.5) is 0 Å². The largest absolute Gasteiger partial charge is 0.346 e. The predicted octanol–water partition coefficient (Wildman–Crippen LogP) is 2.35. The van der Waals surface area contributed by atoms with Crippen LogP contribution in [0.15, 0.2) is 12.5 Å². The molecule has 0 spiro atoms. The lowest BCUT2D eigenvalue weighted by Crippen LogP contribution is -2.32. The fourth-order valence-corrected chi connectivity index (χ4v) is 2.83. The van der Waals surface area contributed by atoms with Crippen LogP contribution in [0, 0.1) is 5.92 Å². The molecule has 0 atom stereocenters. The van der Waals surface area contributed by atoms with Crippen LogP contribution in [0.1, 0.15) is 25.3 Å². The van der Waals surface area contributed by atoms with Crippen LogP contribution in [0.5, 0.6) is 0 Å². The molecule has 9 heteroatoms. The first-order valence-electron chi connectivity index (χ1n) is 7.35. The van der Waals surface area contributed by atoms with Crippen molar-refractivity contribution in [3.63, 3.8) is 0 Å². The van der Waals surface area contributed by atoms with Crippen LogP contribution in [-0.4, -0.2) is 52.2 Å². The fourth-order valence-electron chi connectivity index (χ4n) is 2.57. The molecule has 2 aromatic rings. The molecule has 1 aliphatic heterocycles. The Morgan fingerprint density at radius 3 is 2.61 bits per heavy atom. The number of hydrogen-bond donors (Lipinski definition) is 2. The summed E-state index contributed by atoms with van der Waals surface area (Å²) in [5.74, 6) is 0.858. The van der Waals surface area contributed by atoms with E-state index >= 15 is 0 Å². The quantitative estimate of drug-likeness (QED) is 0.630. The molecule has 2 aromatic heterocycles. The van der Waals surface area contributed by atoms with Crippen LogP contribution in [0.25, 0.3) is 11.0 Å². The number of halogens is 1. The van der Waals surface area contributed by atoms with Gasteiger partial charge in [-0.05, 0) is 37.4 Å². The highest BCUT2D eigenvalue weighted by molar-refractivity contribution is 7.85. The van der Waals surface area contributed by atoms with Crippen molar-refractivity contribution < 1.29 is 13.0 Å². The Morgan fingerprint density at radius 2 is 2.00 bits per heavy atom. The Morgan fingerprint density at radius 1 is 1.39 bits per heavy atom. The number of hydrogen-bond acceptors (Lipinski definition) is 5. The third-order valence-corrected chi connectivity index (χ3v) is 4.06. The first kappa shape index (κ1) is 18.1. The van der Waals surface area contributed by atoms with Crippen LogP contribution in [0.3, 0.4) is 0 Å². The molecule has 1 fully saturated rings. The summed E-state index contributed by atoms with van der Waals surface area (Å²) >= 11 is 6.15. The molecule has 0 unspecified atom stereocenters. The van der Waals surface area contributed by atoms with Gasteiger partial charge in [-0.15, -0.1) is 0 Å². The van der Waals surface area contributed by atoms with Gasteiger partial charge in [-0.1, -0.05) is 18.5 Å². The van der Waals surface area contributed by atoms with E-state index in [-0.39, 0.29) is 0 Å². The molecule has 0 saturated carbocycles. The second-order valence-corrected chi connectivity index (χ2v) is 7.72. The molecule has 3 rings (SSSR count). The number of H-pyrrole nitrogens is 1. The van der Waals surface area contributed by atoms with Gasteiger partial charge in [-0.25, -0.2) is 9.97 Å². The summed E-state index contributed by atoms with van der Waals surface area (Å²) in [4.78, 5) is 13.9. The zero-order valence-electron chi connectivity index (χ0n) is 13.2. The van der Waals surface area contributed by atoms with Gasteiger partial charge in [0.15, 0.2) is 0 Å². The van der Waals surface area contributed by atoms with Crippen molar-refractivity contribution in [1.29, 1.82) is 0 Å². The Hall–Kier alpha value is -1.22. The van der Waals surface area contributed by atoms with Gasteiger partial charge in [0.25, 0.3) is 10.1 Å². The lowest BCUT2D eigenvalue weighted by Gasteiger charge is -2.29. The smallest absolute Gasteiger partial charge is 0.261 e. The van der Waals surface area contributed by atoms with Crippen molar-refractivity contribution in [2.75, 3.05) is 19.3 Å². The van der Waals surface area contributed by atoms with E-state index in [0.29, 0.717) is 11.4 Å². The maximum Gasteiger partial charge on any atom is 0.261 e. The van der Waals surface area contributed by atoms with E-state index in [1.807, 2.05) is 6.20 Å². The van der Waals surface area contributed by atoms with Crippen molar-refractivity contribution in [2.24, 2.45) is 5.92 Å². The number of piperidine rings is 1. The average Bonchev–Trinajstić information content (AvgIpc) is 2.84. The van der Waals surface area contributed by atoms with Crippen molar-refractivity contribution in [2.45, 2.75) is 26.3 Å². The molecule has 1 aliphatic rings. The van der Waals surface area contributed by atoms with E-state index in [1.54, 1.807) is 0 Å². The van der Waals surface area contributed by atoms with E-state index in [4.69, 9.17) is 16.2 Å². The molecule has 7 nitrogen and oxygen atoms in total. The van der Waals surface area contributed by atoms with Crippen molar-refractivity contribution >= 4 is 32.8 Å². The van der Waals surface area contributed by atoms with E-state index < -0.39 is 10.1 Å². The molecule has 0 aromatic carbocycles. The minimum Gasteiger partial charge on any atom is -0.346 e. The van der Waals surface area contributed by atoms with Crippen LogP contribution in [-0.2, 0) is 16.7 Å². The monoisotopic (exact) mass is 360 g/mol. The molecular formula is C14H21ClN4O3S. The highest BCUT2D eigenvalue weighted by Crippen LogP contribution is 2.25. The van der Waals surface area contributed by atoms with Gasteiger partial charge in [0.2, 0.25) is 0 Å². The molecule has 0 bridgehead atoms. The maximum atomic E-state index is 9.19. The van der Waals surface area contributed by atoms with Crippen molar-refractivity contribution in [3.05, 3.63) is 23.2 Å². The van der Waals surface area contributed by atoms with Crippen LogP contribution >= 0.6 is 11.6 Å². The number of aromatic nitrogens is 3. The fraction of sp³-hybridized carbons (Fsp3) is 0.571. The van der Waals surface area contributed by atoms with E-state index in [2.05, 4.69) is 26.8 Å². The second-order valence-electron chi connectivity index (χ2n) is 5.89. The Balaban J connectivity index is 0.000000338. The van der Waals surface area contributed by atoms with E-state index in [9.17, 15) is 8.42 Å². The molecular weight excluding hydrogens is 340 g/mol. The standard InChI is InChI=1S/C13H17ClN4.CH4O3S/c1-9-2-4-18(5-3-9)7-10-6-15-13-11(10)12(14)16-8-17-13;1-5(2,3)4/h6,8-9H,2-5,7H2,1H3,(H,15,16,17);1H3,(H,2,3,4). The normalized spacial score (nSPS) is 17.0. The average molecular weight is 361 g/mol. The summed E-state index contributed by atoms with van der Waals surface area (Å²) in [6, 6.07) is 0. The molecule has 2 N–H and O–H groups in total. The highest BCUT2D eigenvalue weighted by atomic mass is 35.5. The van der Waals surface area contributed by atoms with Gasteiger partial charge in [-0.2, -0.15) is 8.42 Å².